The van der Waals surface area contributed by atoms with E-state index in [-0.39, 0.29) is 5.02 Å². The van der Waals surface area contributed by atoms with Crippen LogP contribution in [0.15, 0.2) is 24.4 Å². The van der Waals surface area contributed by atoms with Gasteiger partial charge in [0.15, 0.2) is 0 Å². The first-order valence-electron chi connectivity index (χ1n) is 5.11. The zero-order chi connectivity index (χ0) is 11.7. The van der Waals surface area contributed by atoms with Gasteiger partial charge in [-0.3, -0.25) is 4.68 Å². The van der Waals surface area contributed by atoms with Crippen molar-refractivity contribution in [2.75, 3.05) is 0 Å². The van der Waals surface area contributed by atoms with E-state index >= 15 is 0 Å². The van der Waals surface area contributed by atoms with Crippen molar-refractivity contribution < 1.29 is 4.39 Å². The van der Waals surface area contributed by atoms with Crippen molar-refractivity contribution in [2.24, 2.45) is 0 Å². The van der Waals surface area contributed by atoms with Gasteiger partial charge in [-0.2, -0.15) is 5.10 Å². The molecule has 0 saturated carbocycles. The van der Waals surface area contributed by atoms with Gasteiger partial charge in [-0.15, -0.1) is 0 Å². The van der Waals surface area contributed by atoms with Crippen molar-refractivity contribution in [3.05, 3.63) is 40.9 Å². The second-order valence-electron chi connectivity index (χ2n) is 3.59. The fraction of sp³-hybridized carbons (Fsp3) is 0.250. The molecule has 0 amide bonds. The van der Waals surface area contributed by atoms with Crippen LogP contribution in [0.2, 0.25) is 5.02 Å². The third-order valence-electron chi connectivity index (χ3n) is 2.63. The fourth-order valence-electron chi connectivity index (χ4n) is 1.71. The predicted octanol–water partition coefficient (Wildman–Crippen LogP) is 3.67. The van der Waals surface area contributed by atoms with Gasteiger partial charge in [-0.1, -0.05) is 17.7 Å². The van der Waals surface area contributed by atoms with Gasteiger partial charge in [-0.05, 0) is 31.5 Å². The molecule has 0 spiro atoms. The van der Waals surface area contributed by atoms with Crippen molar-refractivity contribution >= 4 is 11.6 Å². The van der Waals surface area contributed by atoms with E-state index in [1.165, 1.54) is 6.07 Å². The molecule has 0 saturated heterocycles. The molecular formula is C12H12ClFN2. The van der Waals surface area contributed by atoms with Crippen molar-refractivity contribution in [2.45, 2.75) is 20.4 Å². The Hall–Kier alpha value is -1.35. The lowest BCUT2D eigenvalue weighted by Crippen LogP contribution is -1.98. The summed E-state index contributed by atoms with van der Waals surface area (Å²) in [4.78, 5) is 0. The average Bonchev–Trinajstić information content (AvgIpc) is 2.64. The maximum absolute atomic E-state index is 13.3. The predicted molar refractivity (Wildman–Crippen MR) is 63.0 cm³/mol. The van der Waals surface area contributed by atoms with Crippen molar-refractivity contribution in [3.8, 4) is 11.1 Å². The van der Waals surface area contributed by atoms with E-state index in [0.29, 0.717) is 0 Å². The molecule has 0 bridgehead atoms. The number of nitrogens with zero attached hydrogens (tertiary/aromatic N) is 2. The fourth-order valence-corrected chi connectivity index (χ4v) is 1.83. The van der Waals surface area contributed by atoms with Gasteiger partial charge in [-0.25, -0.2) is 4.39 Å². The van der Waals surface area contributed by atoms with Gasteiger partial charge in [0.1, 0.15) is 5.82 Å². The summed E-state index contributed by atoms with van der Waals surface area (Å²) in [5.41, 5.74) is 2.78. The zero-order valence-corrected chi connectivity index (χ0v) is 9.92. The smallest absolute Gasteiger partial charge is 0.142 e. The third-order valence-corrected chi connectivity index (χ3v) is 2.94. The Balaban J connectivity index is 2.50. The maximum atomic E-state index is 13.3. The Kier molecular flexibility index (Phi) is 2.97. The number of benzene rings is 1. The van der Waals surface area contributed by atoms with E-state index in [1.807, 2.05) is 18.5 Å². The minimum Gasteiger partial charge on any atom is -0.270 e. The highest BCUT2D eigenvalue weighted by atomic mass is 35.5. The van der Waals surface area contributed by atoms with Crippen LogP contribution in [0.4, 0.5) is 4.39 Å². The van der Waals surface area contributed by atoms with Crippen LogP contribution in [0.3, 0.4) is 0 Å². The monoisotopic (exact) mass is 238 g/mol. The zero-order valence-electron chi connectivity index (χ0n) is 9.17. The molecule has 0 aliphatic carbocycles. The average molecular weight is 239 g/mol. The summed E-state index contributed by atoms with van der Waals surface area (Å²) >= 11 is 5.64. The second-order valence-corrected chi connectivity index (χ2v) is 4.00. The van der Waals surface area contributed by atoms with Gasteiger partial charge >= 0.3 is 0 Å². The molecule has 4 heteroatoms. The summed E-state index contributed by atoms with van der Waals surface area (Å²) in [7, 11) is 0. The lowest BCUT2D eigenvalue weighted by atomic mass is 10.1. The molecule has 1 aromatic heterocycles. The van der Waals surface area contributed by atoms with Crippen LogP contribution >= 0.6 is 11.6 Å². The summed E-state index contributed by atoms with van der Waals surface area (Å²) < 4.78 is 15.2. The highest BCUT2D eigenvalue weighted by Gasteiger charge is 2.09. The van der Waals surface area contributed by atoms with Crippen LogP contribution in [0.5, 0.6) is 0 Å². The van der Waals surface area contributed by atoms with Crippen LogP contribution in [-0.4, -0.2) is 9.78 Å². The summed E-state index contributed by atoms with van der Waals surface area (Å²) in [5.74, 6) is -0.400. The lowest BCUT2D eigenvalue weighted by molar-refractivity contribution is 0.628. The minimum atomic E-state index is -0.400. The molecule has 0 N–H and O–H groups in total. The highest BCUT2D eigenvalue weighted by Crippen LogP contribution is 2.26. The number of aryl methyl sites for hydroxylation is 1. The molecule has 0 fully saturated rings. The number of aromatic nitrogens is 2. The molecule has 0 atom stereocenters. The first-order valence-corrected chi connectivity index (χ1v) is 5.49. The Bertz CT molecular complexity index is 520. The quantitative estimate of drug-likeness (QED) is 0.781. The van der Waals surface area contributed by atoms with E-state index in [9.17, 15) is 4.39 Å². The largest absolute Gasteiger partial charge is 0.270 e. The first kappa shape index (κ1) is 11.1. The highest BCUT2D eigenvalue weighted by molar-refractivity contribution is 6.30. The Labute approximate surface area is 98.7 Å². The van der Waals surface area contributed by atoms with Crippen molar-refractivity contribution in [3.63, 3.8) is 0 Å². The van der Waals surface area contributed by atoms with Gasteiger partial charge in [0.25, 0.3) is 0 Å². The molecule has 0 aliphatic rings. The third kappa shape index (κ3) is 1.83. The SMILES string of the molecule is CCn1ncc(-c2ccc(Cl)c(F)c2)c1C. The molecule has 2 rings (SSSR count). The Morgan fingerprint density at radius 1 is 1.44 bits per heavy atom. The van der Waals surface area contributed by atoms with E-state index in [0.717, 1.165) is 23.4 Å². The number of hydrogen-bond donors (Lipinski definition) is 0. The lowest BCUT2D eigenvalue weighted by Gasteiger charge is -2.03. The molecule has 0 unspecified atom stereocenters. The van der Waals surface area contributed by atoms with Gasteiger partial charge in [0, 0.05) is 17.8 Å². The standard InChI is InChI=1S/C12H12ClFN2/c1-3-16-8(2)10(7-15-16)9-4-5-11(13)12(14)6-9/h4-7H,3H2,1-2H3. The van der Waals surface area contributed by atoms with Crippen LogP contribution in [0.1, 0.15) is 12.6 Å². The molecule has 84 valence electrons. The Morgan fingerprint density at radius 2 is 2.19 bits per heavy atom. The molecule has 1 heterocycles. The van der Waals surface area contributed by atoms with Gasteiger partial charge < -0.3 is 0 Å². The Morgan fingerprint density at radius 3 is 2.75 bits per heavy atom. The van der Waals surface area contributed by atoms with Crippen LogP contribution in [-0.2, 0) is 6.54 Å². The molecule has 0 radical (unpaired) electrons. The molecular weight excluding hydrogens is 227 g/mol. The summed E-state index contributed by atoms with van der Waals surface area (Å²) in [6.07, 6.45) is 1.75. The van der Waals surface area contributed by atoms with Gasteiger partial charge in [0.2, 0.25) is 0 Å². The molecule has 16 heavy (non-hydrogen) atoms. The van der Waals surface area contributed by atoms with Crippen LogP contribution in [0, 0.1) is 12.7 Å². The minimum absolute atomic E-state index is 0.143. The maximum Gasteiger partial charge on any atom is 0.142 e. The number of hydrogen-bond acceptors (Lipinski definition) is 1. The topological polar surface area (TPSA) is 17.8 Å². The van der Waals surface area contributed by atoms with E-state index in [2.05, 4.69) is 5.10 Å². The van der Waals surface area contributed by atoms with E-state index in [1.54, 1.807) is 18.3 Å². The number of rotatable bonds is 2. The summed E-state index contributed by atoms with van der Waals surface area (Å²) in [5, 5.41) is 4.37. The second kappa shape index (κ2) is 4.26. The van der Waals surface area contributed by atoms with Gasteiger partial charge in [0.05, 0.1) is 11.2 Å². The molecule has 2 aromatic rings. The molecule has 2 nitrogen and oxygen atoms in total. The first-order chi connectivity index (χ1) is 7.63. The molecule has 0 aliphatic heterocycles. The summed E-state index contributed by atoms with van der Waals surface area (Å²) in [6.45, 7) is 4.80. The summed E-state index contributed by atoms with van der Waals surface area (Å²) in [6, 6.07) is 4.80. The van der Waals surface area contributed by atoms with Crippen LogP contribution < -0.4 is 0 Å². The number of halogens is 2. The van der Waals surface area contributed by atoms with E-state index in [4.69, 9.17) is 11.6 Å². The van der Waals surface area contributed by atoms with E-state index < -0.39 is 5.82 Å². The molecule has 1 aromatic carbocycles. The van der Waals surface area contributed by atoms with Crippen molar-refractivity contribution in [1.29, 1.82) is 0 Å². The normalized spacial score (nSPS) is 10.8. The van der Waals surface area contributed by atoms with Crippen LogP contribution in [0.25, 0.3) is 11.1 Å². The van der Waals surface area contributed by atoms with Crippen molar-refractivity contribution in [1.82, 2.24) is 9.78 Å².